The monoisotopic (exact) mass is 1650 g/mol. The zero-order chi connectivity index (χ0) is 84.6. The minimum absolute atomic E-state index is 0.410. The second-order valence-electron chi connectivity index (χ2n) is 33.0. The van der Waals surface area contributed by atoms with Gasteiger partial charge >= 0.3 is 0 Å². The van der Waals surface area contributed by atoms with Crippen LogP contribution in [0.25, 0.3) is 188 Å². The summed E-state index contributed by atoms with van der Waals surface area (Å²) in [7, 11) is 0. The Balaban J connectivity index is 0.000000144. The molecular weight excluding hydrogens is 1570 g/mol. The van der Waals surface area contributed by atoms with E-state index in [1.807, 2.05) is 84.1 Å². The Morgan fingerprint density at radius 1 is 0.172 bits per heavy atom. The van der Waals surface area contributed by atoms with Gasteiger partial charge in [-0.15, -0.1) is 11.3 Å². The molecule has 0 amide bonds. The van der Waals surface area contributed by atoms with E-state index < -0.39 is 10.8 Å². The lowest BCUT2D eigenvalue weighted by Crippen LogP contribution is -2.28. The highest BCUT2D eigenvalue weighted by Gasteiger charge is 2.48. The Bertz CT molecular complexity index is 7970. The summed E-state index contributed by atoms with van der Waals surface area (Å²) in [5.41, 5.74) is 30.8. The van der Waals surface area contributed by atoms with Gasteiger partial charge in [0.25, 0.3) is 0 Å². The van der Waals surface area contributed by atoms with Crippen molar-refractivity contribution in [3.8, 4) is 135 Å². The van der Waals surface area contributed by atoms with E-state index in [2.05, 4.69) is 388 Å². The third-order valence-electron chi connectivity index (χ3n) is 25.9. The molecule has 0 aliphatic heterocycles. The van der Waals surface area contributed by atoms with Gasteiger partial charge in [-0.3, -0.25) is 0 Å². The normalized spacial score (nSPS) is 12.7. The average molecular weight is 1650 g/mol. The highest BCUT2D eigenvalue weighted by atomic mass is 32.1. The van der Waals surface area contributed by atoms with Crippen molar-refractivity contribution in [3.05, 3.63) is 506 Å². The largest absolute Gasteiger partial charge is 0.456 e. The molecular formula is C120H76N6OS. The van der Waals surface area contributed by atoms with Crippen LogP contribution in [0.2, 0.25) is 0 Å². The lowest BCUT2D eigenvalue weighted by molar-refractivity contribution is 0.665. The molecule has 4 aromatic heterocycles. The molecule has 4 heterocycles. The number of thiophene rings is 1. The fourth-order valence-electron chi connectivity index (χ4n) is 19.9. The Morgan fingerprint density at radius 2 is 0.484 bits per heavy atom. The van der Waals surface area contributed by atoms with Crippen molar-refractivity contribution >= 4 is 64.2 Å². The number of hydrogen-bond acceptors (Lipinski definition) is 8. The molecule has 0 N–H and O–H groups in total. The standard InChI is InChI=1S/C64H41N3O.C56H35N3S/c1-4-16-42(17-5-1)44-28-32-46(33-29-44)61-65-62(47-34-30-45(31-35-47)43-18-6-2-7-19-43)67-63(66-61)55-25-11-10-22-51(55)48-36-39-59-56(40-48)54-38-37-50(41-60(54)68-59)64(49-20-8-3-9-21-49)57-26-14-12-23-52(57)53-24-13-15-27-58(53)64;1-4-14-36(15-5-1)53-57-54(37-16-6-2-7-17-37)59-55(58-53)42-27-26-38-32-39(24-25-40(38)33-42)41-28-30-47-48-31-29-44(35-52(48)60-51(47)34-41)56(43-18-8-3-9-19-43)49-22-12-10-20-45(49)46-21-11-13-23-50(46)56/h1-41H;1-35H. The van der Waals surface area contributed by atoms with Crippen LogP contribution in [-0.4, -0.2) is 29.9 Å². The summed E-state index contributed by atoms with van der Waals surface area (Å²) in [5, 5.41) is 7.00. The lowest BCUT2D eigenvalue weighted by atomic mass is 9.67. The van der Waals surface area contributed by atoms with E-state index in [9.17, 15) is 0 Å². The average Bonchev–Trinajstić information content (AvgIpc) is 1.53. The molecule has 0 fully saturated rings. The van der Waals surface area contributed by atoms with Crippen LogP contribution < -0.4 is 0 Å². The number of aromatic nitrogens is 6. The molecule has 2 aliphatic rings. The van der Waals surface area contributed by atoms with Gasteiger partial charge in [0, 0.05) is 64.3 Å². The summed E-state index contributed by atoms with van der Waals surface area (Å²) in [4.78, 5) is 30.4. The van der Waals surface area contributed by atoms with Crippen molar-refractivity contribution in [3.63, 3.8) is 0 Å². The summed E-state index contributed by atoms with van der Waals surface area (Å²) < 4.78 is 9.37. The number of hydrogen-bond donors (Lipinski definition) is 0. The minimum atomic E-state index is -0.512. The highest BCUT2D eigenvalue weighted by molar-refractivity contribution is 7.25. The zero-order valence-electron chi connectivity index (χ0n) is 69.4. The first-order valence-electron chi connectivity index (χ1n) is 43.4. The Labute approximate surface area is 744 Å². The molecule has 0 unspecified atom stereocenters. The Morgan fingerprint density at radius 3 is 0.961 bits per heavy atom. The molecule has 23 aromatic rings. The van der Waals surface area contributed by atoms with Crippen LogP contribution in [0.5, 0.6) is 0 Å². The first-order valence-corrected chi connectivity index (χ1v) is 44.2. The molecule has 0 saturated carbocycles. The Kier molecular flexibility index (Phi) is 18.4. The molecule has 128 heavy (non-hydrogen) atoms. The van der Waals surface area contributed by atoms with Crippen molar-refractivity contribution in [2.45, 2.75) is 10.8 Å². The fourth-order valence-corrected chi connectivity index (χ4v) is 21.0. The molecule has 0 atom stereocenters. The van der Waals surface area contributed by atoms with E-state index in [0.717, 1.165) is 94.1 Å². The van der Waals surface area contributed by atoms with Crippen LogP contribution in [0, 0.1) is 0 Å². The van der Waals surface area contributed by atoms with E-state index in [1.165, 1.54) is 103 Å². The van der Waals surface area contributed by atoms with Crippen LogP contribution >= 0.6 is 11.3 Å². The predicted molar refractivity (Wildman–Crippen MR) is 526 cm³/mol. The molecule has 0 spiro atoms. The molecule has 25 rings (SSSR count). The SMILES string of the molecule is c1ccc(-c2ccc(-c3nc(-c4ccc(-c5ccccc5)cc4)nc(-c4ccccc4-c4ccc5oc6cc(C7(c8ccccc8)c8ccccc8-c8ccccc87)ccc6c5c4)n3)cc2)cc1.c1ccc(-c2nc(-c3ccccc3)nc(-c3ccc4cc(-c5ccc6c(c5)sc5cc(C7(c8ccccc8)c8ccccc8-c8ccccc87)ccc56)ccc4c3)n2)cc1. The quantitative estimate of drug-likeness (QED) is 0.107. The van der Waals surface area contributed by atoms with Gasteiger partial charge in [0.1, 0.15) is 11.2 Å². The molecule has 0 bridgehead atoms. The minimum Gasteiger partial charge on any atom is -0.456 e. The highest BCUT2D eigenvalue weighted by Crippen LogP contribution is 2.59. The maximum atomic E-state index is 6.78. The number of furan rings is 1. The lowest BCUT2D eigenvalue weighted by Gasteiger charge is -2.33. The van der Waals surface area contributed by atoms with Crippen molar-refractivity contribution in [1.29, 1.82) is 0 Å². The van der Waals surface area contributed by atoms with Gasteiger partial charge in [0.15, 0.2) is 34.9 Å². The Hall–Kier alpha value is -16.5. The van der Waals surface area contributed by atoms with E-state index in [1.54, 1.807) is 0 Å². The zero-order valence-corrected chi connectivity index (χ0v) is 70.2. The summed E-state index contributed by atoms with van der Waals surface area (Å²) in [6, 6.07) is 165. The molecule has 2 aliphatic carbocycles. The van der Waals surface area contributed by atoms with Crippen molar-refractivity contribution < 1.29 is 4.42 Å². The van der Waals surface area contributed by atoms with Gasteiger partial charge in [-0.25, -0.2) is 29.9 Å². The summed E-state index contributed by atoms with van der Waals surface area (Å²) >= 11 is 1.88. The molecule has 19 aromatic carbocycles. The van der Waals surface area contributed by atoms with Gasteiger partial charge in [-0.1, -0.05) is 419 Å². The number of rotatable bonds is 14. The van der Waals surface area contributed by atoms with E-state index >= 15 is 0 Å². The molecule has 8 heteroatoms. The number of benzene rings is 19. The third-order valence-corrected chi connectivity index (χ3v) is 27.0. The van der Waals surface area contributed by atoms with Gasteiger partial charge in [0.05, 0.1) is 10.8 Å². The number of nitrogens with zero attached hydrogens (tertiary/aromatic N) is 6. The van der Waals surface area contributed by atoms with Crippen LogP contribution in [0.15, 0.2) is 465 Å². The molecule has 7 nitrogen and oxygen atoms in total. The smallest absolute Gasteiger partial charge is 0.164 e. The van der Waals surface area contributed by atoms with Gasteiger partial charge in [-0.05, 0) is 165 Å². The van der Waals surface area contributed by atoms with Gasteiger partial charge < -0.3 is 4.42 Å². The first-order chi connectivity index (χ1) is 63.4. The first kappa shape index (κ1) is 75.2. The second-order valence-corrected chi connectivity index (χ2v) is 34.1. The van der Waals surface area contributed by atoms with Crippen LogP contribution in [0.4, 0.5) is 0 Å². The van der Waals surface area contributed by atoms with Gasteiger partial charge in [-0.2, -0.15) is 0 Å². The van der Waals surface area contributed by atoms with Crippen LogP contribution in [-0.2, 0) is 10.8 Å². The van der Waals surface area contributed by atoms with E-state index in [-0.39, 0.29) is 0 Å². The van der Waals surface area contributed by atoms with Crippen molar-refractivity contribution in [1.82, 2.24) is 29.9 Å². The van der Waals surface area contributed by atoms with Gasteiger partial charge in [0.2, 0.25) is 0 Å². The predicted octanol–water partition coefficient (Wildman–Crippen LogP) is 30.6. The number of fused-ring (bicyclic) bond motifs is 13. The van der Waals surface area contributed by atoms with Crippen LogP contribution in [0.3, 0.4) is 0 Å². The topological polar surface area (TPSA) is 90.5 Å². The maximum absolute atomic E-state index is 6.78. The molecule has 598 valence electrons. The van der Waals surface area contributed by atoms with E-state index in [4.69, 9.17) is 34.3 Å². The summed E-state index contributed by atoms with van der Waals surface area (Å²) in [5.74, 6) is 3.80. The molecule has 0 saturated heterocycles. The van der Waals surface area contributed by atoms with Crippen molar-refractivity contribution in [2.75, 3.05) is 0 Å². The summed E-state index contributed by atoms with van der Waals surface area (Å²) in [6.07, 6.45) is 0. The maximum Gasteiger partial charge on any atom is 0.164 e. The molecule has 0 radical (unpaired) electrons. The summed E-state index contributed by atoms with van der Waals surface area (Å²) in [6.45, 7) is 0. The third kappa shape index (κ3) is 12.9. The second kappa shape index (κ2) is 31.4. The van der Waals surface area contributed by atoms with Crippen molar-refractivity contribution in [2.24, 2.45) is 0 Å². The van der Waals surface area contributed by atoms with Crippen LogP contribution in [0.1, 0.15) is 44.5 Å². The van der Waals surface area contributed by atoms with E-state index in [0.29, 0.717) is 34.9 Å². The fraction of sp³-hybridized carbons (Fsp3) is 0.0167.